The maximum absolute atomic E-state index is 12.4. The van der Waals surface area contributed by atoms with Gasteiger partial charge in [-0.25, -0.2) is 4.79 Å². The topological polar surface area (TPSA) is 55.4 Å². The molecule has 25 heavy (non-hydrogen) atoms. The standard InChI is InChI=1S/C21H19NO3/c1-2-25-21(24)18-10-6-7-11-19(18)22-20(23)14-15-12-16-8-4-3-5-9-17(16)13-15/h3-13H,2,14H2,1H3,(H,22,23). The van der Waals surface area contributed by atoms with Crippen LogP contribution < -0.4 is 5.32 Å². The summed E-state index contributed by atoms with van der Waals surface area (Å²) in [7, 11) is 0. The number of amides is 1. The lowest BCUT2D eigenvalue weighted by molar-refractivity contribution is -0.115. The number of ether oxygens (including phenoxy) is 1. The zero-order chi connectivity index (χ0) is 17.6. The predicted molar refractivity (Wildman–Crippen MR) is 97.8 cm³/mol. The average Bonchev–Trinajstić information content (AvgIpc) is 2.83. The van der Waals surface area contributed by atoms with Gasteiger partial charge in [0.2, 0.25) is 5.91 Å². The molecule has 4 nitrogen and oxygen atoms in total. The fourth-order valence-electron chi connectivity index (χ4n) is 2.74. The van der Waals surface area contributed by atoms with Gasteiger partial charge in [-0.3, -0.25) is 4.79 Å². The van der Waals surface area contributed by atoms with Gasteiger partial charge in [-0.2, -0.15) is 0 Å². The number of rotatable bonds is 5. The highest BCUT2D eigenvalue weighted by atomic mass is 16.5. The van der Waals surface area contributed by atoms with Crippen LogP contribution in [0.5, 0.6) is 0 Å². The second-order valence-electron chi connectivity index (χ2n) is 5.68. The van der Waals surface area contributed by atoms with Gasteiger partial charge in [0.05, 0.1) is 24.3 Å². The van der Waals surface area contributed by atoms with E-state index in [1.54, 1.807) is 31.2 Å². The molecule has 0 atom stereocenters. The summed E-state index contributed by atoms with van der Waals surface area (Å²) in [6, 6.07) is 20.8. The van der Waals surface area contributed by atoms with E-state index in [0.29, 0.717) is 17.9 Å². The molecule has 1 amide bonds. The number of carbonyl (C=O) groups excluding carboxylic acids is 2. The molecule has 0 radical (unpaired) electrons. The molecule has 0 saturated carbocycles. The number of hydrogen-bond donors (Lipinski definition) is 1. The number of esters is 1. The molecule has 1 N–H and O–H groups in total. The molecule has 4 heteroatoms. The number of nitrogens with one attached hydrogen (secondary N) is 1. The molecule has 0 aromatic heterocycles. The molecule has 0 aliphatic heterocycles. The second kappa shape index (κ2) is 7.62. The summed E-state index contributed by atoms with van der Waals surface area (Å²) in [4.78, 5) is 24.4. The first kappa shape index (κ1) is 16.7. The summed E-state index contributed by atoms with van der Waals surface area (Å²) in [6.07, 6.45) is 0.246. The first-order valence-electron chi connectivity index (χ1n) is 8.21. The lowest BCUT2D eigenvalue weighted by Crippen LogP contribution is -2.17. The van der Waals surface area contributed by atoms with Crippen molar-refractivity contribution in [1.29, 1.82) is 0 Å². The predicted octanol–water partition coefficient (Wildman–Crippen LogP) is 4.15. The molecule has 2 aliphatic carbocycles. The van der Waals surface area contributed by atoms with Crippen LogP contribution in [0.1, 0.15) is 22.8 Å². The van der Waals surface area contributed by atoms with Crippen molar-refractivity contribution in [2.75, 3.05) is 11.9 Å². The quantitative estimate of drug-likeness (QED) is 0.714. The minimum absolute atomic E-state index is 0.170. The Labute approximate surface area is 146 Å². The summed E-state index contributed by atoms with van der Waals surface area (Å²) in [5.41, 5.74) is 3.96. The van der Waals surface area contributed by atoms with Gasteiger partial charge in [-0.05, 0) is 35.7 Å². The zero-order valence-electron chi connectivity index (χ0n) is 14.0. The summed E-state index contributed by atoms with van der Waals surface area (Å²) < 4.78 is 5.03. The Morgan fingerprint density at radius 2 is 1.56 bits per heavy atom. The number of anilines is 1. The molecule has 126 valence electrons. The fraction of sp³-hybridized carbons (Fsp3) is 0.143. The van der Waals surface area contributed by atoms with Crippen LogP contribution in [-0.2, 0) is 16.0 Å². The van der Waals surface area contributed by atoms with E-state index >= 15 is 0 Å². The Bertz CT molecular complexity index is 842. The number of para-hydroxylation sites is 1. The van der Waals surface area contributed by atoms with Crippen LogP contribution in [-0.4, -0.2) is 18.5 Å². The Morgan fingerprint density at radius 1 is 0.920 bits per heavy atom. The third kappa shape index (κ3) is 4.04. The Morgan fingerprint density at radius 3 is 2.24 bits per heavy atom. The van der Waals surface area contributed by atoms with Crippen molar-refractivity contribution in [1.82, 2.24) is 0 Å². The summed E-state index contributed by atoms with van der Waals surface area (Å²) in [5, 5.41) is 2.81. The van der Waals surface area contributed by atoms with Crippen molar-refractivity contribution < 1.29 is 14.3 Å². The lowest BCUT2D eigenvalue weighted by atomic mass is 10.1. The van der Waals surface area contributed by atoms with E-state index in [2.05, 4.69) is 5.32 Å². The number of hydrogen-bond acceptors (Lipinski definition) is 3. The van der Waals surface area contributed by atoms with Crippen molar-refractivity contribution in [2.45, 2.75) is 13.3 Å². The third-order valence-electron chi connectivity index (χ3n) is 3.85. The first-order valence-corrected chi connectivity index (χ1v) is 8.21. The molecular formula is C21H19NO3. The molecule has 0 unspecified atom stereocenters. The van der Waals surface area contributed by atoms with Gasteiger partial charge in [0.25, 0.3) is 0 Å². The maximum Gasteiger partial charge on any atom is 0.340 e. The Balaban J connectivity index is 1.75. The normalized spacial score (nSPS) is 10.4. The van der Waals surface area contributed by atoms with Gasteiger partial charge < -0.3 is 10.1 Å². The molecule has 0 saturated heterocycles. The highest BCUT2D eigenvalue weighted by molar-refractivity contribution is 6.01. The minimum Gasteiger partial charge on any atom is -0.462 e. The molecule has 1 aromatic rings. The number of benzene rings is 1. The van der Waals surface area contributed by atoms with Crippen LogP contribution in [0.15, 0.2) is 66.7 Å². The first-order chi connectivity index (χ1) is 12.2. The smallest absolute Gasteiger partial charge is 0.340 e. The van der Waals surface area contributed by atoms with Gasteiger partial charge >= 0.3 is 5.97 Å². The fourth-order valence-corrected chi connectivity index (χ4v) is 2.74. The Hall–Kier alpha value is -3.14. The van der Waals surface area contributed by atoms with Crippen LogP contribution in [0.4, 0.5) is 5.69 Å². The van der Waals surface area contributed by atoms with Crippen LogP contribution in [0, 0.1) is 0 Å². The zero-order valence-corrected chi connectivity index (χ0v) is 14.0. The molecule has 2 aliphatic rings. The average molecular weight is 333 g/mol. The molecule has 3 rings (SSSR count). The van der Waals surface area contributed by atoms with Gasteiger partial charge in [-0.1, -0.05) is 54.6 Å². The van der Waals surface area contributed by atoms with Crippen molar-refractivity contribution in [2.24, 2.45) is 0 Å². The number of fused-ring (bicyclic) bond motifs is 1. The van der Waals surface area contributed by atoms with Crippen molar-refractivity contribution in [3.8, 4) is 11.1 Å². The maximum atomic E-state index is 12.4. The number of carbonyl (C=O) groups is 2. The second-order valence-corrected chi connectivity index (χ2v) is 5.68. The van der Waals surface area contributed by atoms with E-state index in [1.807, 2.05) is 42.5 Å². The molecule has 0 spiro atoms. The van der Waals surface area contributed by atoms with E-state index in [-0.39, 0.29) is 12.3 Å². The van der Waals surface area contributed by atoms with Gasteiger partial charge in [0, 0.05) is 0 Å². The van der Waals surface area contributed by atoms with E-state index in [0.717, 1.165) is 16.7 Å². The van der Waals surface area contributed by atoms with Crippen LogP contribution in [0.2, 0.25) is 0 Å². The third-order valence-corrected chi connectivity index (χ3v) is 3.85. The lowest BCUT2D eigenvalue weighted by Gasteiger charge is -2.10. The van der Waals surface area contributed by atoms with Crippen molar-refractivity contribution >= 4 is 17.6 Å². The largest absolute Gasteiger partial charge is 0.462 e. The van der Waals surface area contributed by atoms with Crippen molar-refractivity contribution in [3.05, 3.63) is 77.9 Å². The highest BCUT2D eigenvalue weighted by Crippen LogP contribution is 2.25. The molecule has 1 aromatic carbocycles. The van der Waals surface area contributed by atoms with Gasteiger partial charge in [-0.15, -0.1) is 0 Å². The molecule has 0 heterocycles. The summed E-state index contributed by atoms with van der Waals surface area (Å²) in [6.45, 7) is 2.04. The van der Waals surface area contributed by atoms with Crippen LogP contribution in [0.3, 0.4) is 0 Å². The van der Waals surface area contributed by atoms with Crippen LogP contribution in [0.25, 0.3) is 11.1 Å². The van der Waals surface area contributed by atoms with E-state index in [1.165, 1.54) is 0 Å². The minimum atomic E-state index is -0.440. The summed E-state index contributed by atoms with van der Waals surface area (Å²) in [5.74, 6) is -0.610. The van der Waals surface area contributed by atoms with Gasteiger partial charge in [0.1, 0.15) is 0 Å². The SMILES string of the molecule is CCOC(=O)c1ccccc1NC(=O)Cc1cc2cccccc-2c1. The van der Waals surface area contributed by atoms with Crippen molar-refractivity contribution in [3.63, 3.8) is 0 Å². The van der Waals surface area contributed by atoms with E-state index in [9.17, 15) is 9.59 Å². The van der Waals surface area contributed by atoms with Gasteiger partial charge in [0.15, 0.2) is 0 Å². The molecule has 0 bridgehead atoms. The molecule has 0 fully saturated rings. The van der Waals surface area contributed by atoms with Crippen LogP contribution >= 0.6 is 0 Å². The highest BCUT2D eigenvalue weighted by Gasteiger charge is 2.15. The van der Waals surface area contributed by atoms with E-state index in [4.69, 9.17) is 4.74 Å². The summed E-state index contributed by atoms with van der Waals surface area (Å²) >= 11 is 0. The van der Waals surface area contributed by atoms with E-state index < -0.39 is 5.97 Å². The monoisotopic (exact) mass is 333 g/mol. The Kier molecular flexibility index (Phi) is 5.09. The molecular weight excluding hydrogens is 314 g/mol.